The Morgan fingerprint density at radius 3 is 2.33 bits per heavy atom. The van der Waals surface area contributed by atoms with Gasteiger partial charge in [-0.05, 0) is 42.5 Å². The van der Waals surface area contributed by atoms with Crippen molar-refractivity contribution < 1.29 is 13.9 Å². The summed E-state index contributed by atoms with van der Waals surface area (Å²) in [7, 11) is 0. The Labute approximate surface area is 131 Å². The van der Waals surface area contributed by atoms with Crippen LogP contribution in [-0.4, -0.2) is 12.5 Å². The van der Waals surface area contributed by atoms with E-state index in [9.17, 15) is 9.18 Å². The van der Waals surface area contributed by atoms with Gasteiger partial charge in [0.15, 0.2) is 0 Å². The SMILES string of the molecule is O=C(CCOc1ccc(F)cc1)Nc1cc(Cl)cc(Cl)c1. The number of benzene rings is 2. The third kappa shape index (κ3) is 5.25. The molecule has 2 rings (SSSR count). The minimum atomic E-state index is -0.335. The molecule has 6 heteroatoms. The number of anilines is 1. The van der Waals surface area contributed by atoms with Gasteiger partial charge in [0.25, 0.3) is 0 Å². The summed E-state index contributed by atoms with van der Waals surface area (Å²) in [5.74, 6) is -0.0524. The fourth-order valence-corrected chi connectivity index (χ4v) is 2.17. The van der Waals surface area contributed by atoms with Crippen molar-refractivity contribution in [2.24, 2.45) is 0 Å². The largest absolute Gasteiger partial charge is 0.493 e. The van der Waals surface area contributed by atoms with E-state index in [0.717, 1.165) is 0 Å². The van der Waals surface area contributed by atoms with E-state index in [1.165, 1.54) is 24.3 Å². The first-order valence-corrected chi connectivity index (χ1v) is 6.93. The van der Waals surface area contributed by atoms with Crippen LogP contribution in [-0.2, 0) is 4.79 Å². The van der Waals surface area contributed by atoms with Gasteiger partial charge < -0.3 is 10.1 Å². The molecule has 0 unspecified atom stereocenters. The standard InChI is InChI=1S/C15H12Cl2FNO2/c16-10-7-11(17)9-13(8-10)19-15(20)5-6-21-14-3-1-12(18)2-4-14/h1-4,7-9H,5-6H2,(H,19,20). The van der Waals surface area contributed by atoms with Crippen molar-refractivity contribution in [2.75, 3.05) is 11.9 Å². The van der Waals surface area contributed by atoms with Gasteiger partial charge in [-0.3, -0.25) is 4.79 Å². The van der Waals surface area contributed by atoms with Gasteiger partial charge in [-0.25, -0.2) is 4.39 Å². The fourth-order valence-electron chi connectivity index (χ4n) is 1.64. The molecule has 110 valence electrons. The lowest BCUT2D eigenvalue weighted by molar-refractivity contribution is -0.116. The number of carbonyl (C=O) groups is 1. The molecule has 21 heavy (non-hydrogen) atoms. The number of hydrogen-bond donors (Lipinski definition) is 1. The van der Waals surface area contributed by atoms with E-state index in [1.807, 2.05) is 0 Å². The van der Waals surface area contributed by atoms with Crippen molar-refractivity contribution in [3.05, 3.63) is 58.3 Å². The summed E-state index contributed by atoms with van der Waals surface area (Å²) in [4.78, 5) is 11.7. The van der Waals surface area contributed by atoms with Crippen LogP contribution in [0, 0.1) is 5.82 Å². The first-order chi connectivity index (χ1) is 10.0. The molecular formula is C15H12Cl2FNO2. The maximum atomic E-state index is 12.7. The second kappa shape index (κ2) is 7.29. The molecule has 2 aromatic rings. The van der Waals surface area contributed by atoms with Gasteiger partial charge in [0.05, 0.1) is 13.0 Å². The van der Waals surface area contributed by atoms with Gasteiger partial charge in [0.2, 0.25) is 5.91 Å². The number of halogens is 3. The van der Waals surface area contributed by atoms with Gasteiger partial charge in [0.1, 0.15) is 11.6 Å². The predicted molar refractivity (Wildman–Crippen MR) is 81.6 cm³/mol. The molecule has 1 amide bonds. The summed E-state index contributed by atoms with van der Waals surface area (Å²) in [5.41, 5.74) is 0.527. The highest BCUT2D eigenvalue weighted by Crippen LogP contribution is 2.22. The highest BCUT2D eigenvalue weighted by atomic mass is 35.5. The van der Waals surface area contributed by atoms with Crippen LogP contribution < -0.4 is 10.1 Å². The van der Waals surface area contributed by atoms with E-state index in [2.05, 4.69) is 5.32 Å². The first kappa shape index (κ1) is 15.6. The molecule has 1 N–H and O–H groups in total. The molecule has 0 aromatic heterocycles. The van der Waals surface area contributed by atoms with Gasteiger partial charge in [-0.15, -0.1) is 0 Å². The molecule has 3 nitrogen and oxygen atoms in total. The predicted octanol–water partition coefficient (Wildman–Crippen LogP) is 4.54. The van der Waals surface area contributed by atoms with Crippen LogP contribution in [0.1, 0.15) is 6.42 Å². The Bertz CT molecular complexity index is 612. The third-order valence-corrected chi connectivity index (χ3v) is 2.99. The van der Waals surface area contributed by atoms with Crippen molar-refractivity contribution in [1.29, 1.82) is 0 Å². The number of rotatable bonds is 5. The molecule has 0 radical (unpaired) electrons. The van der Waals surface area contributed by atoms with Crippen LogP contribution in [0.3, 0.4) is 0 Å². The van der Waals surface area contributed by atoms with Crippen LogP contribution in [0.2, 0.25) is 10.0 Å². The lowest BCUT2D eigenvalue weighted by Gasteiger charge is -2.08. The topological polar surface area (TPSA) is 38.3 Å². The average Bonchev–Trinajstić information content (AvgIpc) is 2.39. The molecule has 0 fully saturated rings. The van der Waals surface area contributed by atoms with Gasteiger partial charge >= 0.3 is 0 Å². The van der Waals surface area contributed by atoms with Crippen molar-refractivity contribution in [3.8, 4) is 5.75 Å². The molecule has 0 bridgehead atoms. The van der Waals surface area contributed by atoms with Crippen LogP contribution in [0.5, 0.6) is 5.75 Å². The van der Waals surface area contributed by atoms with Gasteiger partial charge in [0, 0.05) is 15.7 Å². The second-order valence-electron chi connectivity index (χ2n) is 4.26. The first-order valence-electron chi connectivity index (χ1n) is 6.17. The summed E-state index contributed by atoms with van der Waals surface area (Å²) in [6.07, 6.45) is 0.154. The maximum absolute atomic E-state index is 12.7. The zero-order chi connectivity index (χ0) is 15.2. The van der Waals surface area contributed by atoms with Crippen molar-refractivity contribution >= 4 is 34.8 Å². The molecule has 0 heterocycles. The number of ether oxygens (including phenoxy) is 1. The summed E-state index contributed by atoms with van der Waals surface area (Å²) in [6, 6.07) is 10.4. The summed E-state index contributed by atoms with van der Waals surface area (Å²) < 4.78 is 18.0. The van der Waals surface area contributed by atoms with E-state index < -0.39 is 0 Å². The van der Waals surface area contributed by atoms with Crippen molar-refractivity contribution in [2.45, 2.75) is 6.42 Å². The lowest BCUT2D eigenvalue weighted by atomic mass is 10.3. The Morgan fingerprint density at radius 2 is 1.71 bits per heavy atom. The number of amides is 1. The van der Waals surface area contributed by atoms with Gasteiger partial charge in [-0.1, -0.05) is 23.2 Å². The minimum Gasteiger partial charge on any atom is -0.493 e. The third-order valence-electron chi connectivity index (χ3n) is 2.56. The maximum Gasteiger partial charge on any atom is 0.227 e. The number of carbonyl (C=O) groups excluding carboxylic acids is 1. The summed E-state index contributed by atoms with van der Waals surface area (Å²) in [5, 5.41) is 3.56. The van der Waals surface area contributed by atoms with E-state index in [1.54, 1.807) is 18.2 Å². The molecule has 0 saturated heterocycles. The Kier molecular flexibility index (Phi) is 5.42. The summed E-state index contributed by atoms with van der Waals surface area (Å²) in [6.45, 7) is 0.186. The van der Waals surface area contributed by atoms with Crippen LogP contribution in [0.25, 0.3) is 0 Å². The normalized spacial score (nSPS) is 10.2. The highest BCUT2D eigenvalue weighted by Gasteiger charge is 2.05. The Balaban J connectivity index is 1.80. The Morgan fingerprint density at radius 1 is 1.10 bits per heavy atom. The van der Waals surface area contributed by atoms with E-state index in [0.29, 0.717) is 21.5 Å². The fraction of sp³-hybridized carbons (Fsp3) is 0.133. The monoisotopic (exact) mass is 327 g/mol. The highest BCUT2D eigenvalue weighted by molar-refractivity contribution is 6.35. The zero-order valence-electron chi connectivity index (χ0n) is 10.9. The number of hydrogen-bond acceptors (Lipinski definition) is 2. The lowest BCUT2D eigenvalue weighted by Crippen LogP contribution is -2.15. The van der Waals surface area contributed by atoms with Crippen LogP contribution >= 0.6 is 23.2 Å². The molecule has 0 aliphatic carbocycles. The molecular weight excluding hydrogens is 316 g/mol. The molecule has 0 aliphatic rings. The average molecular weight is 328 g/mol. The molecule has 0 saturated carbocycles. The molecule has 0 atom stereocenters. The van der Waals surface area contributed by atoms with E-state index >= 15 is 0 Å². The number of nitrogens with one attached hydrogen (secondary N) is 1. The Hall–Kier alpha value is -1.78. The molecule has 2 aromatic carbocycles. The van der Waals surface area contributed by atoms with Crippen LogP contribution in [0.15, 0.2) is 42.5 Å². The quantitative estimate of drug-likeness (QED) is 0.875. The van der Waals surface area contributed by atoms with Crippen molar-refractivity contribution in [3.63, 3.8) is 0 Å². The van der Waals surface area contributed by atoms with Gasteiger partial charge in [-0.2, -0.15) is 0 Å². The van der Waals surface area contributed by atoms with Crippen molar-refractivity contribution in [1.82, 2.24) is 0 Å². The minimum absolute atomic E-state index is 0.154. The second-order valence-corrected chi connectivity index (χ2v) is 5.13. The van der Waals surface area contributed by atoms with E-state index in [4.69, 9.17) is 27.9 Å². The van der Waals surface area contributed by atoms with Crippen LogP contribution in [0.4, 0.5) is 10.1 Å². The van der Waals surface area contributed by atoms with E-state index in [-0.39, 0.29) is 24.8 Å². The molecule has 0 spiro atoms. The smallest absolute Gasteiger partial charge is 0.227 e. The zero-order valence-corrected chi connectivity index (χ0v) is 12.4. The summed E-state index contributed by atoms with van der Waals surface area (Å²) >= 11 is 11.7. The molecule has 0 aliphatic heterocycles.